The number of carbonyl (C=O) groups is 2. The number of benzene rings is 2. The summed E-state index contributed by atoms with van der Waals surface area (Å²) in [4.78, 5) is 34.6. The van der Waals surface area contributed by atoms with Gasteiger partial charge in [0.05, 0.1) is 4.92 Å². The number of Topliss-reactive ketones (excluding diaryl/α,β-unsaturated/α-hetero) is 1. The highest BCUT2D eigenvalue weighted by Gasteiger charge is 2.28. The summed E-state index contributed by atoms with van der Waals surface area (Å²) in [5, 5.41) is 32.3. The summed E-state index contributed by atoms with van der Waals surface area (Å²) in [7, 11) is 0. The van der Waals surface area contributed by atoms with Crippen molar-refractivity contribution in [2.75, 3.05) is 0 Å². The number of rotatable bonds is 9. The van der Waals surface area contributed by atoms with E-state index in [1.807, 2.05) is 0 Å². The fraction of sp³-hybridized carbons (Fsp3) is 0.222. The predicted molar refractivity (Wildman–Crippen MR) is 98.0 cm³/mol. The van der Waals surface area contributed by atoms with Crippen LogP contribution in [0.25, 0.3) is 0 Å². The van der Waals surface area contributed by atoms with Gasteiger partial charge in [-0.05, 0) is 23.3 Å². The Kier molecular flexibility index (Phi) is 7.29. The van der Waals surface area contributed by atoms with E-state index in [0.29, 0.717) is 5.56 Å². The monoisotopic (exact) mass is 388 g/mol. The zero-order valence-electron chi connectivity index (χ0n) is 14.7. The molecule has 0 saturated heterocycles. The molecule has 2 rings (SSSR count). The van der Waals surface area contributed by atoms with Gasteiger partial charge in [0.1, 0.15) is 12.1 Å². The van der Waals surface area contributed by atoms with E-state index in [1.165, 1.54) is 24.3 Å². The molecule has 1 amide bonds. The molecule has 2 aromatic rings. The number of aliphatic hydroxyl groups excluding tert-OH is 1. The summed E-state index contributed by atoms with van der Waals surface area (Å²) < 4.78 is 0. The van der Waals surface area contributed by atoms with Crippen LogP contribution < -0.4 is 16.5 Å². The third kappa shape index (κ3) is 5.41. The molecule has 10 nitrogen and oxygen atoms in total. The third-order valence-electron chi connectivity index (χ3n) is 4.05. The van der Waals surface area contributed by atoms with Crippen LogP contribution in [-0.4, -0.2) is 39.1 Å². The minimum Gasteiger partial charge on any atom is -0.386 e. The van der Waals surface area contributed by atoms with Crippen LogP contribution in [0, 0.1) is 10.1 Å². The van der Waals surface area contributed by atoms with Crippen molar-refractivity contribution < 1.29 is 24.8 Å². The van der Waals surface area contributed by atoms with Crippen molar-refractivity contribution in [3.63, 3.8) is 0 Å². The van der Waals surface area contributed by atoms with E-state index in [0.717, 1.165) is 0 Å². The second-order valence-electron chi connectivity index (χ2n) is 6.02. The Morgan fingerprint density at radius 2 is 1.71 bits per heavy atom. The molecule has 0 unspecified atom stereocenters. The highest BCUT2D eigenvalue weighted by atomic mass is 16.6. The van der Waals surface area contributed by atoms with Gasteiger partial charge in [0.2, 0.25) is 5.91 Å². The van der Waals surface area contributed by atoms with Gasteiger partial charge in [-0.15, -0.1) is 0 Å². The molecule has 0 aromatic heterocycles. The maximum absolute atomic E-state index is 12.3. The van der Waals surface area contributed by atoms with Crippen molar-refractivity contribution in [2.45, 2.75) is 24.7 Å². The van der Waals surface area contributed by atoms with Crippen LogP contribution in [0.5, 0.6) is 0 Å². The van der Waals surface area contributed by atoms with Crippen LogP contribution in [0.1, 0.15) is 17.2 Å². The predicted octanol–water partition coefficient (Wildman–Crippen LogP) is 0.188. The first-order valence-corrected chi connectivity index (χ1v) is 8.28. The van der Waals surface area contributed by atoms with Crippen molar-refractivity contribution in [1.82, 2.24) is 10.8 Å². The Labute approximate surface area is 160 Å². The second-order valence-corrected chi connectivity index (χ2v) is 6.02. The summed E-state index contributed by atoms with van der Waals surface area (Å²) in [6, 6.07) is 12.2. The van der Waals surface area contributed by atoms with Gasteiger partial charge in [0.15, 0.2) is 11.9 Å². The van der Waals surface area contributed by atoms with Crippen LogP contribution in [-0.2, 0) is 16.0 Å². The first-order valence-electron chi connectivity index (χ1n) is 8.28. The third-order valence-corrected chi connectivity index (χ3v) is 4.05. The Balaban J connectivity index is 2.00. The maximum Gasteiger partial charge on any atom is 0.269 e. The fourth-order valence-electron chi connectivity index (χ4n) is 2.47. The molecule has 0 aliphatic rings. The van der Waals surface area contributed by atoms with E-state index in [4.69, 9.17) is 5.73 Å². The summed E-state index contributed by atoms with van der Waals surface area (Å²) in [6.07, 6.45) is -2.92. The second kappa shape index (κ2) is 9.67. The van der Waals surface area contributed by atoms with Crippen molar-refractivity contribution in [2.24, 2.45) is 5.73 Å². The van der Waals surface area contributed by atoms with Crippen LogP contribution in [0.3, 0.4) is 0 Å². The maximum atomic E-state index is 12.3. The van der Waals surface area contributed by atoms with Gasteiger partial charge in [0, 0.05) is 18.6 Å². The normalized spacial score (nSPS) is 14.0. The van der Waals surface area contributed by atoms with Gasteiger partial charge in [-0.2, -0.15) is 5.48 Å². The van der Waals surface area contributed by atoms with Gasteiger partial charge in [-0.1, -0.05) is 30.3 Å². The molecule has 0 aliphatic heterocycles. The fourth-order valence-corrected chi connectivity index (χ4v) is 2.47. The standard InChI is InChI=1S/C18H20N4O6/c19-15(16(24)12-6-8-13(9-7-12)22(27)28)18(25)20-17(21-26)14(23)10-11-4-2-1-3-5-11/h1-9,15-17,21,24,26H,10,19H2,(H,20,25)/t15-,16+,17+/m1/s1. The number of non-ortho nitro benzene ring substituents is 1. The topological polar surface area (TPSA) is 168 Å². The number of nitro benzene ring substituents is 1. The van der Waals surface area contributed by atoms with E-state index in [2.05, 4.69) is 5.32 Å². The average molecular weight is 388 g/mol. The molecule has 28 heavy (non-hydrogen) atoms. The summed E-state index contributed by atoms with van der Waals surface area (Å²) in [5.41, 5.74) is 8.15. The summed E-state index contributed by atoms with van der Waals surface area (Å²) in [5.74, 6) is -1.40. The van der Waals surface area contributed by atoms with Gasteiger partial charge in [0.25, 0.3) is 5.69 Å². The lowest BCUT2D eigenvalue weighted by Gasteiger charge is -2.22. The minimum atomic E-state index is -1.47. The number of amides is 1. The molecule has 2 aromatic carbocycles. The van der Waals surface area contributed by atoms with Crippen LogP contribution in [0.2, 0.25) is 0 Å². The number of ketones is 1. The van der Waals surface area contributed by atoms with Crippen LogP contribution >= 0.6 is 0 Å². The number of nitro groups is 1. The average Bonchev–Trinajstić information content (AvgIpc) is 2.71. The van der Waals surface area contributed by atoms with E-state index < -0.39 is 34.9 Å². The van der Waals surface area contributed by atoms with E-state index >= 15 is 0 Å². The van der Waals surface area contributed by atoms with E-state index in [9.17, 15) is 30.0 Å². The van der Waals surface area contributed by atoms with Gasteiger partial charge in [-0.25, -0.2) is 0 Å². The molecule has 0 radical (unpaired) electrons. The molecule has 148 valence electrons. The highest BCUT2D eigenvalue weighted by Crippen LogP contribution is 2.19. The number of nitrogens with zero attached hydrogens (tertiary/aromatic N) is 1. The smallest absolute Gasteiger partial charge is 0.269 e. The van der Waals surface area contributed by atoms with E-state index in [1.54, 1.807) is 35.8 Å². The molecule has 0 aliphatic carbocycles. The minimum absolute atomic E-state index is 0.0422. The SMILES string of the molecule is N[C@@H](C(=O)N[C@@H](NO)C(=O)Cc1ccccc1)[C@@H](O)c1ccc([N+](=O)[O-])cc1. The first-order chi connectivity index (χ1) is 13.3. The number of nitrogens with one attached hydrogen (secondary N) is 2. The van der Waals surface area contributed by atoms with Crippen molar-refractivity contribution in [3.8, 4) is 0 Å². The molecule has 6 N–H and O–H groups in total. The van der Waals surface area contributed by atoms with Gasteiger partial charge < -0.3 is 21.4 Å². The zero-order chi connectivity index (χ0) is 20.7. The largest absolute Gasteiger partial charge is 0.386 e. The first kappa shape index (κ1) is 21.1. The highest BCUT2D eigenvalue weighted by molar-refractivity contribution is 5.91. The van der Waals surface area contributed by atoms with Crippen molar-refractivity contribution in [1.29, 1.82) is 0 Å². The molecule has 0 saturated carbocycles. The van der Waals surface area contributed by atoms with Crippen LogP contribution in [0.15, 0.2) is 54.6 Å². The molecule has 0 bridgehead atoms. The number of carbonyl (C=O) groups excluding carboxylic acids is 2. The Hall–Kier alpha value is -3.18. The molecule has 0 fully saturated rings. The zero-order valence-corrected chi connectivity index (χ0v) is 14.7. The number of nitrogens with two attached hydrogens (primary N) is 1. The Morgan fingerprint density at radius 1 is 1.11 bits per heavy atom. The quantitative estimate of drug-likeness (QED) is 0.230. The Bertz CT molecular complexity index is 828. The molecular formula is C18H20N4O6. The molecule has 0 spiro atoms. The molecule has 3 atom stereocenters. The summed E-state index contributed by atoms with van der Waals surface area (Å²) >= 11 is 0. The molecular weight excluding hydrogens is 368 g/mol. The number of hydroxylamine groups is 1. The van der Waals surface area contributed by atoms with Crippen molar-refractivity contribution >= 4 is 17.4 Å². The lowest BCUT2D eigenvalue weighted by atomic mass is 10.0. The summed E-state index contributed by atoms with van der Waals surface area (Å²) in [6.45, 7) is 0. The molecule has 0 heterocycles. The number of hydrogen-bond acceptors (Lipinski definition) is 8. The number of aliphatic hydroxyl groups is 1. The van der Waals surface area contributed by atoms with E-state index in [-0.39, 0.29) is 17.7 Å². The lowest BCUT2D eigenvalue weighted by molar-refractivity contribution is -0.384. The Morgan fingerprint density at radius 3 is 2.25 bits per heavy atom. The molecule has 10 heteroatoms. The van der Waals surface area contributed by atoms with Crippen LogP contribution in [0.4, 0.5) is 5.69 Å². The number of hydrogen-bond donors (Lipinski definition) is 5. The van der Waals surface area contributed by atoms with Gasteiger partial charge in [-0.3, -0.25) is 19.7 Å². The van der Waals surface area contributed by atoms with Gasteiger partial charge >= 0.3 is 0 Å². The lowest BCUT2D eigenvalue weighted by Crippen LogP contribution is -2.55. The van der Waals surface area contributed by atoms with Crippen molar-refractivity contribution in [3.05, 3.63) is 75.8 Å².